The molecule has 0 spiro atoms. The summed E-state index contributed by atoms with van der Waals surface area (Å²) in [5.41, 5.74) is 0.682. The van der Waals surface area contributed by atoms with Crippen LogP contribution >= 0.6 is 0 Å². The minimum atomic E-state index is -0.790. The summed E-state index contributed by atoms with van der Waals surface area (Å²) in [7, 11) is 0. The highest BCUT2D eigenvalue weighted by Crippen LogP contribution is 2.61. The standard InChI is InChI=1S/C23H30F2N2O/c24-20-3-1-2-19(22(20)25)15-26-4-6-27(7-5-26)21(28)14-23-11-16-8-17(12-23)10-18(9-16)13-23/h1-3,16-18H,4-15H2. The van der Waals surface area contributed by atoms with Crippen molar-refractivity contribution < 1.29 is 13.6 Å². The maximum Gasteiger partial charge on any atom is 0.223 e. The molecule has 0 unspecified atom stereocenters. The quantitative estimate of drug-likeness (QED) is 0.771. The van der Waals surface area contributed by atoms with Gasteiger partial charge in [0.05, 0.1) is 0 Å². The van der Waals surface area contributed by atoms with E-state index >= 15 is 0 Å². The zero-order valence-corrected chi connectivity index (χ0v) is 16.5. The van der Waals surface area contributed by atoms with Crippen molar-refractivity contribution in [3.05, 3.63) is 35.4 Å². The molecule has 152 valence electrons. The van der Waals surface area contributed by atoms with Crippen molar-refractivity contribution >= 4 is 5.91 Å². The van der Waals surface area contributed by atoms with Gasteiger partial charge in [-0.25, -0.2) is 8.78 Å². The molecule has 4 bridgehead atoms. The Morgan fingerprint density at radius 3 is 2.18 bits per heavy atom. The number of nitrogens with zero attached hydrogens (tertiary/aromatic N) is 2. The van der Waals surface area contributed by atoms with Crippen LogP contribution in [0, 0.1) is 34.8 Å². The van der Waals surface area contributed by atoms with Gasteiger partial charge in [0, 0.05) is 44.7 Å². The van der Waals surface area contributed by atoms with Gasteiger partial charge >= 0.3 is 0 Å². The van der Waals surface area contributed by atoms with Crippen LogP contribution in [-0.2, 0) is 11.3 Å². The average molecular weight is 389 g/mol. The number of hydrogen-bond donors (Lipinski definition) is 0. The smallest absolute Gasteiger partial charge is 0.223 e. The number of amides is 1. The predicted molar refractivity (Wildman–Crippen MR) is 103 cm³/mol. The first kappa shape index (κ1) is 18.5. The fourth-order valence-corrected chi connectivity index (χ4v) is 7.01. The fourth-order valence-electron chi connectivity index (χ4n) is 7.01. The predicted octanol–water partition coefficient (Wildman–Crippen LogP) is 4.22. The molecule has 5 heteroatoms. The fraction of sp³-hybridized carbons (Fsp3) is 0.696. The number of halogens is 2. The molecule has 0 atom stereocenters. The Bertz CT molecular complexity index is 722. The highest BCUT2D eigenvalue weighted by atomic mass is 19.2. The van der Waals surface area contributed by atoms with E-state index in [0.29, 0.717) is 31.1 Å². The summed E-state index contributed by atoms with van der Waals surface area (Å²) in [6.45, 7) is 3.25. The lowest BCUT2D eigenvalue weighted by molar-refractivity contribution is -0.141. The summed E-state index contributed by atoms with van der Waals surface area (Å²) in [5.74, 6) is 1.40. The van der Waals surface area contributed by atoms with Gasteiger partial charge in [0.2, 0.25) is 5.91 Å². The lowest BCUT2D eigenvalue weighted by Crippen LogP contribution is -2.52. The lowest BCUT2D eigenvalue weighted by Gasteiger charge is -2.57. The number of rotatable bonds is 4. The molecule has 6 rings (SSSR count). The van der Waals surface area contributed by atoms with E-state index in [2.05, 4.69) is 4.90 Å². The molecule has 1 saturated heterocycles. The molecule has 1 aromatic rings. The van der Waals surface area contributed by atoms with Crippen LogP contribution in [0.3, 0.4) is 0 Å². The first-order valence-corrected chi connectivity index (χ1v) is 10.9. The van der Waals surface area contributed by atoms with Gasteiger partial charge in [0.1, 0.15) is 0 Å². The van der Waals surface area contributed by atoms with Crippen LogP contribution in [-0.4, -0.2) is 41.9 Å². The largest absolute Gasteiger partial charge is 0.340 e. The number of carbonyl (C=O) groups is 1. The third kappa shape index (κ3) is 3.47. The summed E-state index contributed by atoms with van der Waals surface area (Å²) in [4.78, 5) is 17.2. The number of carbonyl (C=O) groups excluding carboxylic acids is 1. The van der Waals surface area contributed by atoms with E-state index in [4.69, 9.17) is 0 Å². The Kier molecular flexibility index (Phi) is 4.69. The molecule has 28 heavy (non-hydrogen) atoms. The van der Waals surface area contributed by atoms with Crippen LogP contribution in [0.1, 0.15) is 50.5 Å². The van der Waals surface area contributed by atoms with E-state index < -0.39 is 11.6 Å². The maximum atomic E-state index is 13.9. The molecule has 0 radical (unpaired) electrons. The van der Waals surface area contributed by atoms with Gasteiger partial charge in [-0.1, -0.05) is 12.1 Å². The first-order chi connectivity index (χ1) is 13.5. The van der Waals surface area contributed by atoms with E-state index in [1.54, 1.807) is 12.1 Å². The molecule has 0 aromatic heterocycles. The van der Waals surface area contributed by atoms with Crippen LogP contribution in [0.5, 0.6) is 0 Å². The lowest BCUT2D eigenvalue weighted by atomic mass is 9.49. The molecule has 5 aliphatic rings. The van der Waals surface area contributed by atoms with E-state index in [1.165, 1.54) is 38.5 Å². The highest BCUT2D eigenvalue weighted by Gasteiger charge is 2.51. The molecular weight excluding hydrogens is 358 g/mol. The van der Waals surface area contributed by atoms with E-state index in [9.17, 15) is 13.6 Å². The van der Waals surface area contributed by atoms with Crippen LogP contribution < -0.4 is 0 Å². The van der Waals surface area contributed by atoms with Gasteiger partial charge in [-0.15, -0.1) is 0 Å². The highest BCUT2D eigenvalue weighted by molar-refractivity contribution is 5.77. The minimum Gasteiger partial charge on any atom is -0.340 e. The summed E-state index contributed by atoms with van der Waals surface area (Å²) < 4.78 is 27.3. The third-order valence-electron chi connectivity index (χ3n) is 7.84. The Balaban J connectivity index is 1.16. The molecule has 1 aromatic carbocycles. The van der Waals surface area contributed by atoms with Crippen LogP contribution in [0.2, 0.25) is 0 Å². The molecular formula is C23H30F2N2O. The Morgan fingerprint density at radius 1 is 0.964 bits per heavy atom. The Morgan fingerprint density at radius 2 is 1.57 bits per heavy atom. The van der Waals surface area contributed by atoms with Gasteiger partial charge in [-0.05, 0) is 67.8 Å². The molecule has 0 N–H and O–H groups in total. The zero-order chi connectivity index (χ0) is 19.3. The van der Waals surface area contributed by atoms with Crippen LogP contribution in [0.25, 0.3) is 0 Å². The monoisotopic (exact) mass is 388 g/mol. The van der Waals surface area contributed by atoms with Gasteiger partial charge < -0.3 is 4.90 Å². The van der Waals surface area contributed by atoms with Crippen molar-refractivity contribution in [2.24, 2.45) is 23.2 Å². The minimum absolute atomic E-state index is 0.285. The third-order valence-corrected chi connectivity index (χ3v) is 7.84. The Labute approximate surface area is 166 Å². The molecule has 1 amide bonds. The van der Waals surface area contributed by atoms with Crippen LogP contribution in [0.15, 0.2) is 18.2 Å². The van der Waals surface area contributed by atoms with Crippen molar-refractivity contribution in [3.8, 4) is 0 Å². The second kappa shape index (κ2) is 7.08. The zero-order valence-electron chi connectivity index (χ0n) is 16.5. The van der Waals surface area contributed by atoms with Crippen molar-refractivity contribution in [1.29, 1.82) is 0 Å². The molecule has 1 aliphatic heterocycles. The van der Waals surface area contributed by atoms with Crippen molar-refractivity contribution in [2.75, 3.05) is 26.2 Å². The molecule has 1 heterocycles. The SMILES string of the molecule is O=C(CC12CC3CC(CC(C3)C1)C2)N1CCN(Cc2cccc(F)c2F)CC1. The topological polar surface area (TPSA) is 23.6 Å². The van der Waals surface area contributed by atoms with Gasteiger partial charge in [-0.2, -0.15) is 0 Å². The summed E-state index contributed by atoms with van der Waals surface area (Å²) in [6, 6.07) is 4.35. The number of hydrogen-bond acceptors (Lipinski definition) is 2. The van der Waals surface area contributed by atoms with Gasteiger partial charge in [-0.3, -0.25) is 9.69 Å². The van der Waals surface area contributed by atoms with Gasteiger partial charge in [0.15, 0.2) is 11.6 Å². The normalized spacial score (nSPS) is 34.8. The maximum absolute atomic E-state index is 13.9. The Hall–Kier alpha value is -1.49. The molecule has 4 aliphatic carbocycles. The molecule has 3 nitrogen and oxygen atoms in total. The van der Waals surface area contributed by atoms with Crippen molar-refractivity contribution in [2.45, 2.75) is 51.5 Å². The number of benzene rings is 1. The van der Waals surface area contributed by atoms with Crippen molar-refractivity contribution in [1.82, 2.24) is 9.80 Å². The second-order valence-electron chi connectivity index (χ2n) is 9.96. The summed E-state index contributed by atoms with van der Waals surface area (Å²) in [5, 5.41) is 0. The number of piperazine rings is 1. The van der Waals surface area contributed by atoms with Crippen LogP contribution in [0.4, 0.5) is 8.78 Å². The van der Waals surface area contributed by atoms with Gasteiger partial charge in [0.25, 0.3) is 0 Å². The van der Waals surface area contributed by atoms with E-state index in [0.717, 1.165) is 43.3 Å². The molecule has 4 saturated carbocycles. The first-order valence-electron chi connectivity index (χ1n) is 10.9. The second-order valence-corrected chi connectivity index (χ2v) is 9.96. The molecule has 5 fully saturated rings. The summed E-state index contributed by atoms with van der Waals surface area (Å²) in [6.07, 6.45) is 8.75. The average Bonchev–Trinajstić information content (AvgIpc) is 2.64. The van der Waals surface area contributed by atoms with E-state index in [1.807, 2.05) is 4.90 Å². The van der Waals surface area contributed by atoms with E-state index in [-0.39, 0.29) is 5.41 Å². The van der Waals surface area contributed by atoms with Crippen molar-refractivity contribution in [3.63, 3.8) is 0 Å². The summed E-state index contributed by atoms with van der Waals surface area (Å²) >= 11 is 0.